The van der Waals surface area contributed by atoms with Gasteiger partial charge >= 0.3 is 0 Å². The molecule has 0 N–H and O–H groups in total. The van der Waals surface area contributed by atoms with E-state index in [0.29, 0.717) is 5.02 Å². The summed E-state index contributed by atoms with van der Waals surface area (Å²) in [6.07, 6.45) is 3.63. The van der Waals surface area contributed by atoms with Gasteiger partial charge in [0.2, 0.25) is 0 Å². The lowest BCUT2D eigenvalue weighted by molar-refractivity contribution is -0.384. The van der Waals surface area contributed by atoms with Crippen molar-refractivity contribution in [3.05, 3.63) is 74.8 Å². The molecule has 0 atom stereocenters. The molecule has 3 nitrogen and oxygen atoms in total. The Morgan fingerprint density at radius 3 is 2.56 bits per heavy atom. The van der Waals surface area contributed by atoms with Crippen molar-refractivity contribution in [1.82, 2.24) is 0 Å². The van der Waals surface area contributed by atoms with Crippen LogP contribution in [0.25, 0.3) is 12.2 Å². The lowest BCUT2D eigenvalue weighted by atomic mass is 10.1. The van der Waals surface area contributed by atoms with E-state index in [2.05, 4.69) is 0 Å². The van der Waals surface area contributed by atoms with Crippen molar-refractivity contribution in [2.45, 2.75) is 0 Å². The van der Waals surface area contributed by atoms with Crippen LogP contribution in [0.3, 0.4) is 0 Å². The molecule has 18 heavy (non-hydrogen) atoms. The van der Waals surface area contributed by atoms with Crippen LogP contribution >= 0.6 is 11.6 Å². The van der Waals surface area contributed by atoms with Gasteiger partial charge in [-0.3, -0.25) is 10.1 Å². The van der Waals surface area contributed by atoms with Crippen LogP contribution in [0.2, 0.25) is 5.02 Å². The Morgan fingerprint density at radius 2 is 1.83 bits per heavy atom. The van der Waals surface area contributed by atoms with E-state index in [1.165, 1.54) is 12.1 Å². The van der Waals surface area contributed by atoms with Crippen molar-refractivity contribution < 1.29 is 4.92 Å². The molecule has 90 valence electrons. The molecule has 2 aromatic rings. The highest BCUT2D eigenvalue weighted by atomic mass is 35.5. The number of hydrogen-bond acceptors (Lipinski definition) is 2. The molecule has 0 bridgehead atoms. The van der Waals surface area contributed by atoms with Gasteiger partial charge in [-0.1, -0.05) is 54.1 Å². The van der Waals surface area contributed by atoms with E-state index in [0.717, 1.165) is 11.1 Å². The van der Waals surface area contributed by atoms with Crippen LogP contribution in [0.15, 0.2) is 48.5 Å². The summed E-state index contributed by atoms with van der Waals surface area (Å²) in [4.78, 5) is 10.2. The summed E-state index contributed by atoms with van der Waals surface area (Å²) in [7, 11) is 0. The topological polar surface area (TPSA) is 43.1 Å². The SMILES string of the molecule is O=[N+]([O-])c1cccc(/C=C\c2ccccc2Cl)c1. The first-order chi connectivity index (χ1) is 8.66. The summed E-state index contributed by atoms with van der Waals surface area (Å²) in [6.45, 7) is 0. The van der Waals surface area contributed by atoms with Gasteiger partial charge in [0.1, 0.15) is 0 Å². The molecule has 0 heterocycles. The minimum atomic E-state index is -0.410. The molecule has 0 aliphatic heterocycles. The Hall–Kier alpha value is -2.13. The predicted octanol–water partition coefficient (Wildman–Crippen LogP) is 4.42. The minimum absolute atomic E-state index is 0.0799. The monoisotopic (exact) mass is 259 g/mol. The largest absolute Gasteiger partial charge is 0.270 e. The molecule has 0 fully saturated rings. The summed E-state index contributed by atoms with van der Waals surface area (Å²) >= 11 is 6.01. The third kappa shape index (κ3) is 2.96. The van der Waals surface area contributed by atoms with Gasteiger partial charge in [0.25, 0.3) is 5.69 Å². The molecule has 0 aromatic heterocycles. The number of rotatable bonds is 3. The van der Waals surface area contributed by atoms with Crippen LogP contribution in [-0.4, -0.2) is 4.92 Å². The van der Waals surface area contributed by atoms with Gasteiger partial charge in [-0.05, 0) is 17.2 Å². The third-order valence-corrected chi connectivity index (χ3v) is 2.79. The fourth-order valence-electron chi connectivity index (χ4n) is 1.54. The molecule has 2 aromatic carbocycles. The molecule has 2 rings (SSSR count). The van der Waals surface area contributed by atoms with Gasteiger partial charge in [0.05, 0.1) is 4.92 Å². The summed E-state index contributed by atoms with van der Waals surface area (Å²) in [6, 6.07) is 13.9. The molecule has 0 saturated heterocycles. The molecule has 0 radical (unpaired) electrons. The number of hydrogen-bond donors (Lipinski definition) is 0. The molecule has 4 heteroatoms. The van der Waals surface area contributed by atoms with E-state index in [1.807, 2.05) is 24.3 Å². The number of nitrogens with zero attached hydrogens (tertiary/aromatic N) is 1. The number of non-ortho nitro benzene ring substituents is 1. The van der Waals surface area contributed by atoms with E-state index in [1.54, 1.807) is 24.3 Å². The Morgan fingerprint density at radius 1 is 1.06 bits per heavy atom. The van der Waals surface area contributed by atoms with Crippen LogP contribution in [0.5, 0.6) is 0 Å². The van der Waals surface area contributed by atoms with E-state index < -0.39 is 4.92 Å². The average Bonchev–Trinajstić information content (AvgIpc) is 2.38. The van der Waals surface area contributed by atoms with E-state index in [4.69, 9.17) is 11.6 Å². The average molecular weight is 260 g/mol. The summed E-state index contributed by atoms with van der Waals surface area (Å²) in [5.41, 5.74) is 1.73. The van der Waals surface area contributed by atoms with Gasteiger partial charge in [-0.2, -0.15) is 0 Å². The van der Waals surface area contributed by atoms with Gasteiger partial charge in [0, 0.05) is 17.2 Å². The first-order valence-electron chi connectivity index (χ1n) is 5.34. The normalized spacial score (nSPS) is 10.7. The molecule has 0 spiro atoms. The highest BCUT2D eigenvalue weighted by molar-refractivity contribution is 6.32. The second-order valence-corrected chi connectivity index (χ2v) is 4.11. The highest BCUT2D eigenvalue weighted by Crippen LogP contribution is 2.19. The Bertz CT molecular complexity index is 608. The van der Waals surface area contributed by atoms with E-state index in [-0.39, 0.29) is 5.69 Å². The zero-order valence-corrected chi connectivity index (χ0v) is 10.2. The number of halogens is 1. The van der Waals surface area contributed by atoms with Crippen LogP contribution in [0, 0.1) is 10.1 Å². The predicted molar refractivity (Wildman–Crippen MR) is 73.5 cm³/mol. The smallest absolute Gasteiger partial charge is 0.258 e. The van der Waals surface area contributed by atoms with Crippen LogP contribution < -0.4 is 0 Å². The maximum Gasteiger partial charge on any atom is 0.270 e. The summed E-state index contributed by atoms with van der Waals surface area (Å²) in [5, 5.41) is 11.3. The number of benzene rings is 2. The minimum Gasteiger partial charge on any atom is -0.258 e. The Labute approximate surface area is 109 Å². The summed E-state index contributed by atoms with van der Waals surface area (Å²) < 4.78 is 0. The summed E-state index contributed by atoms with van der Waals surface area (Å²) in [5.74, 6) is 0. The maximum absolute atomic E-state index is 10.6. The molecular formula is C14H10ClNO2. The number of nitro benzene ring substituents is 1. The lowest BCUT2D eigenvalue weighted by Crippen LogP contribution is -1.87. The van der Waals surface area contributed by atoms with Gasteiger partial charge < -0.3 is 0 Å². The lowest BCUT2D eigenvalue weighted by Gasteiger charge is -1.97. The zero-order chi connectivity index (χ0) is 13.0. The molecule has 0 amide bonds. The Balaban J connectivity index is 2.27. The van der Waals surface area contributed by atoms with Crippen molar-refractivity contribution in [3.63, 3.8) is 0 Å². The fourth-order valence-corrected chi connectivity index (χ4v) is 1.74. The molecular weight excluding hydrogens is 250 g/mol. The molecule has 0 unspecified atom stereocenters. The standard InChI is InChI=1S/C14H10ClNO2/c15-14-7-2-1-5-12(14)9-8-11-4-3-6-13(10-11)16(17)18/h1-10H/b9-8-. The Kier molecular flexibility index (Phi) is 3.75. The highest BCUT2D eigenvalue weighted by Gasteiger charge is 2.03. The van der Waals surface area contributed by atoms with Crippen LogP contribution in [0.1, 0.15) is 11.1 Å². The number of nitro groups is 1. The first kappa shape index (κ1) is 12.3. The third-order valence-electron chi connectivity index (χ3n) is 2.44. The fraction of sp³-hybridized carbons (Fsp3) is 0. The first-order valence-corrected chi connectivity index (χ1v) is 5.72. The van der Waals surface area contributed by atoms with Crippen molar-refractivity contribution in [1.29, 1.82) is 0 Å². The van der Waals surface area contributed by atoms with Gasteiger partial charge in [0.15, 0.2) is 0 Å². The van der Waals surface area contributed by atoms with Crippen molar-refractivity contribution in [2.24, 2.45) is 0 Å². The van der Waals surface area contributed by atoms with E-state index >= 15 is 0 Å². The molecule has 0 saturated carbocycles. The van der Waals surface area contributed by atoms with Crippen LogP contribution in [0.4, 0.5) is 5.69 Å². The second-order valence-electron chi connectivity index (χ2n) is 3.71. The quantitative estimate of drug-likeness (QED) is 0.465. The zero-order valence-electron chi connectivity index (χ0n) is 9.42. The van der Waals surface area contributed by atoms with Gasteiger partial charge in [-0.25, -0.2) is 0 Å². The molecule has 0 aliphatic carbocycles. The van der Waals surface area contributed by atoms with Crippen molar-refractivity contribution >= 4 is 29.4 Å². The van der Waals surface area contributed by atoms with Gasteiger partial charge in [-0.15, -0.1) is 0 Å². The van der Waals surface area contributed by atoms with Crippen LogP contribution in [-0.2, 0) is 0 Å². The van der Waals surface area contributed by atoms with E-state index in [9.17, 15) is 10.1 Å². The second kappa shape index (κ2) is 5.47. The van der Waals surface area contributed by atoms with Crippen molar-refractivity contribution in [3.8, 4) is 0 Å². The van der Waals surface area contributed by atoms with Crippen molar-refractivity contribution in [2.75, 3.05) is 0 Å². The molecule has 0 aliphatic rings. The maximum atomic E-state index is 10.6.